The first-order chi connectivity index (χ1) is 4.59. The molecule has 1 N–H and O–H groups in total. The molecule has 0 spiro atoms. The van der Waals surface area contributed by atoms with Crippen molar-refractivity contribution < 1.29 is 9.90 Å². The molecule has 60 valence electrons. The number of hydrogen-bond donors (Lipinski definition) is 1. The fourth-order valence-corrected chi connectivity index (χ4v) is 0.701. The van der Waals surface area contributed by atoms with Crippen LogP contribution in [0.2, 0.25) is 0 Å². The first-order valence-corrected chi connectivity index (χ1v) is 3.45. The van der Waals surface area contributed by atoms with Gasteiger partial charge < -0.3 is 10.0 Å². The van der Waals surface area contributed by atoms with Crippen LogP contribution in [0.3, 0.4) is 0 Å². The summed E-state index contributed by atoms with van der Waals surface area (Å²) in [7, 11) is 1.69. The fourth-order valence-electron chi connectivity index (χ4n) is 0.701. The number of rotatable bonds is 3. The van der Waals surface area contributed by atoms with Crippen molar-refractivity contribution in [1.82, 2.24) is 4.90 Å². The summed E-state index contributed by atoms with van der Waals surface area (Å²) in [6.45, 7) is 4.15. The Bertz CT molecular complexity index is 112. The Balaban J connectivity index is 3.71. The molecule has 0 heterocycles. The molecular weight excluding hydrogens is 130 g/mol. The minimum Gasteiger partial charge on any atom is -0.395 e. The summed E-state index contributed by atoms with van der Waals surface area (Å²) in [5, 5.41) is 8.47. The van der Waals surface area contributed by atoms with Crippen molar-refractivity contribution in [3.8, 4) is 0 Å². The number of amides is 1. The van der Waals surface area contributed by atoms with Gasteiger partial charge in [0.1, 0.15) is 0 Å². The lowest BCUT2D eigenvalue weighted by Gasteiger charge is -2.17. The molecular formula is C7H15NO2. The smallest absolute Gasteiger partial charge is 0.224 e. The third kappa shape index (κ3) is 2.82. The number of aliphatic hydroxyl groups is 1. The summed E-state index contributed by atoms with van der Waals surface area (Å²) < 4.78 is 0. The number of carbonyl (C=O) groups excluding carboxylic acids is 1. The third-order valence-corrected chi connectivity index (χ3v) is 1.31. The van der Waals surface area contributed by atoms with Gasteiger partial charge in [-0.1, -0.05) is 13.8 Å². The maximum absolute atomic E-state index is 11.0. The van der Waals surface area contributed by atoms with Crippen molar-refractivity contribution in [2.45, 2.75) is 13.8 Å². The molecule has 3 heteroatoms. The van der Waals surface area contributed by atoms with Crippen LogP contribution in [0.5, 0.6) is 0 Å². The lowest BCUT2D eigenvalue weighted by Crippen LogP contribution is -2.32. The maximum Gasteiger partial charge on any atom is 0.224 e. The molecule has 0 atom stereocenters. The van der Waals surface area contributed by atoms with E-state index >= 15 is 0 Å². The van der Waals surface area contributed by atoms with Crippen LogP contribution >= 0.6 is 0 Å². The molecule has 0 rings (SSSR count). The second kappa shape index (κ2) is 4.28. The van der Waals surface area contributed by atoms with Crippen molar-refractivity contribution in [3.05, 3.63) is 0 Å². The van der Waals surface area contributed by atoms with E-state index in [2.05, 4.69) is 0 Å². The predicted octanol–water partition coefficient (Wildman–Crippen LogP) is 0.0931. The van der Waals surface area contributed by atoms with Crippen molar-refractivity contribution in [1.29, 1.82) is 0 Å². The minimum atomic E-state index is 0.0246. The molecule has 0 saturated carbocycles. The van der Waals surface area contributed by atoms with E-state index in [1.54, 1.807) is 7.05 Å². The van der Waals surface area contributed by atoms with Crippen LogP contribution in [0.15, 0.2) is 0 Å². The number of hydrogen-bond acceptors (Lipinski definition) is 2. The quantitative estimate of drug-likeness (QED) is 0.611. The van der Waals surface area contributed by atoms with Gasteiger partial charge in [0.2, 0.25) is 5.91 Å². The number of likely N-dealkylation sites (N-methyl/N-ethyl adjacent to an activating group) is 1. The minimum absolute atomic E-state index is 0.0246. The SMILES string of the molecule is CC(C)C(=O)N(C)CCO. The number of aliphatic hydroxyl groups excluding tert-OH is 1. The van der Waals surface area contributed by atoms with Crippen molar-refractivity contribution >= 4 is 5.91 Å². The number of carbonyl (C=O) groups is 1. The second-order valence-electron chi connectivity index (χ2n) is 2.64. The first kappa shape index (κ1) is 9.43. The Morgan fingerprint density at radius 1 is 1.60 bits per heavy atom. The summed E-state index contributed by atoms with van der Waals surface area (Å²) in [5.74, 6) is 0.102. The topological polar surface area (TPSA) is 40.5 Å². The number of nitrogens with zero attached hydrogens (tertiary/aromatic N) is 1. The van der Waals surface area contributed by atoms with E-state index in [1.165, 1.54) is 4.90 Å². The first-order valence-electron chi connectivity index (χ1n) is 3.45. The van der Waals surface area contributed by atoms with Gasteiger partial charge in [-0.15, -0.1) is 0 Å². The van der Waals surface area contributed by atoms with Crippen LogP contribution in [-0.4, -0.2) is 36.1 Å². The second-order valence-corrected chi connectivity index (χ2v) is 2.64. The molecule has 0 unspecified atom stereocenters. The van der Waals surface area contributed by atoms with Crippen LogP contribution < -0.4 is 0 Å². The molecule has 0 aromatic carbocycles. The Morgan fingerprint density at radius 2 is 2.10 bits per heavy atom. The zero-order valence-corrected chi connectivity index (χ0v) is 6.79. The molecule has 1 amide bonds. The van der Waals surface area contributed by atoms with Crippen LogP contribution in [0.25, 0.3) is 0 Å². The van der Waals surface area contributed by atoms with Crippen molar-refractivity contribution in [3.63, 3.8) is 0 Å². The van der Waals surface area contributed by atoms with Gasteiger partial charge in [-0.25, -0.2) is 0 Å². The monoisotopic (exact) mass is 145 g/mol. The van der Waals surface area contributed by atoms with Crippen LogP contribution in [0.1, 0.15) is 13.8 Å². The van der Waals surface area contributed by atoms with E-state index in [-0.39, 0.29) is 18.4 Å². The maximum atomic E-state index is 11.0. The van der Waals surface area contributed by atoms with E-state index < -0.39 is 0 Å². The van der Waals surface area contributed by atoms with Gasteiger partial charge >= 0.3 is 0 Å². The van der Waals surface area contributed by atoms with Crippen molar-refractivity contribution in [2.75, 3.05) is 20.2 Å². The molecule has 0 aliphatic carbocycles. The summed E-state index contributed by atoms with van der Waals surface area (Å²) >= 11 is 0. The molecule has 0 saturated heterocycles. The molecule has 10 heavy (non-hydrogen) atoms. The van der Waals surface area contributed by atoms with E-state index in [0.717, 1.165) is 0 Å². The molecule has 0 aromatic rings. The Morgan fingerprint density at radius 3 is 2.40 bits per heavy atom. The zero-order valence-electron chi connectivity index (χ0n) is 6.79. The van der Waals surface area contributed by atoms with Gasteiger partial charge in [-0.2, -0.15) is 0 Å². The zero-order chi connectivity index (χ0) is 8.15. The third-order valence-electron chi connectivity index (χ3n) is 1.31. The molecule has 0 aliphatic heterocycles. The van der Waals surface area contributed by atoms with Gasteiger partial charge in [0.25, 0.3) is 0 Å². The largest absolute Gasteiger partial charge is 0.395 e. The molecule has 0 aromatic heterocycles. The lowest BCUT2D eigenvalue weighted by atomic mass is 10.2. The van der Waals surface area contributed by atoms with Gasteiger partial charge in [0.05, 0.1) is 6.61 Å². The molecule has 0 bridgehead atoms. The molecule has 0 aliphatic rings. The van der Waals surface area contributed by atoms with E-state index in [4.69, 9.17) is 5.11 Å². The van der Waals surface area contributed by atoms with Gasteiger partial charge in [-0.05, 0) is 0 Å². The fraction of sp³-hybridized carbons (Fsp3) is 0.857. The van der Waals surface area contributed by atoms with Crippen molar-refractivity contribution in [2.24, 2.45) is 5.92 Å². The Labute approximate surface area is 61.6 Å². The van der Waals surface area contributed by atoms with E-state index in [9.17, 15) is 4.79 Å². The van der Waals surface area contributed by atoms with E-state index in [1.807, 2.05) is 13.8 Å². The van der Waals surface area contributed by atoms with Gasteiger partial charge in [0.15, 0.2) is 0 Å². The summed E-state index contributed by atoms with van der Waals surface area (Å²) in [4.78, 5) is 12.6. The van der Waals surface area contributed by atoms with Crippen LogP contribution in [-0.2, 0) is 4.79 Å². The van der Waals surface area contributed by atoms with Crippen LogP contribution in [0, 0.1) is 5.92 Å². The highest BCUT2D eigenvalue weighted by atomic mass is 16.3. The van der Waals surface area contributed by atoms with Crippen LogP contribution in [0.4, 0.5) is 0 Å². The summed E-state index contributed by atoms with van der Waals surface area (Å²) in [5.41, 5.74) is 0. The Kier molecular flexibility index (Phi) is 4.03. The normalized spacial score (nSPS) is 10.1. The Hall–Kier alpha value is -0.570. The molecule has 3 nitrogen and oxygen atoms in total. The highest BCUT2D eigenvalue weighted by molar-refractivity contribution is 5.77. The van der Waals surface area contributed by atoms with Gasteiger partial charge in [0, 0.05) is 19.5 Å². The predicted molar refractivity (Wildman–Crippen MR) is 39.6 cm³/mol. The highest BCUT2D eigenvalue weighted by Gasteiger charge is 2.10. The standard InChI is InChI=1S/C7H15NO2/c1-6(2)7(10)8(3)4-5-9/h6,9H,4-5H2,1-3H3. The average Bonchev–Trinajstić information content (AvgIpc) is 1.87. The average molecular weight is 145 g/mol. The molecule has 0 fully saturated rings. The van der Waals surface area contributed by atoms with Gasteiger partial charge in [-0.3, -0.25) is 4.79 Å². The van der Waals surface area contributed by atoms with E-state index in [0.29, 0.717) is 6.54 Å². The lowest BCUT2D eigenvalue weighted by molar-refractivity contribution is -0.133. The summed E-state index contributed by atoms with van der Waals surface area (Å²) in [6, 6.07) is 0. The summed E-state index contributed by atoms with van der Waals surface area (Å²) in [6.07, 6.45) is 0. The highest BCUT2D eigenvalue weighted by Crippen LogP contribution is 1.97. The molecule has 0 radical (unpaired) electrons.